The molecule has 5 nitrogen and oxygen atoms in total. The Morgan fingerprint density at radius 1 is 1.11 bits per heavy atom. The lowest BCUT2D eigenvalue weighted by Gasteiger charge is -2.35. The molecule has 152 valence electrons. The van der Waals surface area contributed by atoms with E-state index in [0.717, 1.165) is 5.39 Å². The van der Waals surface area contributed by atoms with E-state index in [1.54, 1.807) is 45.0 Å². The van der Waals surface area contributed by atoms with E-state index >= 15 is 4.39 Å². The van der Waals surface area contributed by atoms with Crippen LogP contribution in [0.25, 0.3) is 10.8 Å². The van der Waals surface area contributed by atoms with Gasteiger partial charge in [0, 0.05) is 0 Å². The molecule has 0 spiro atoms. The third-order valence-corrected chi connectivity index (χ3v) is 6.82. The van der Waals surface area contributed by atoms with Crippen molar-refractivity contribution in [2.45, 2.75) is 32.1 Å². The Balaban J connectivity index is 2.77. The van der Waals surface area contributed by atoms with E-state index in [1.165, 1.54) is 6.08 Å². The van der Waals surface area contributed by atoms with Crippen molar-refractivity contribution in [3.8, 4) is 0 Å². The van der Waals surface area contributed by atoms with Crippen LogP contribution in [-0.2, 0) is 23.1 Å². The van der Waals surface area contributed by atoms with E-state index in [1.807, 2.05) is 18.2 Å². The molecule has 2 atom stereocenters. The average Bonchev–Trinajstić information content (AvgIpc) is 2.69. The molecule has 0 saturated carbocycles. The number of halogens is 1. The van der Waals surface area contributed by atoms with Crippen molar-refractivity contribution in [3.63, 3.8) is 0 Å². The topological polar surface area (TPSA) is 61.8 Å². The zero-order chi connectivity index (χ0) is 20.8. The van der Waals surface area contributed by atoms with Crippen molar-refractivity contribution in [1.82, 2.24) is 0 Å². The van der Waals surface area contributed by atoms with Gasteiger partial charge in [-0.25, -0.2) is 9.18 Å². The first kappa shape index (κ1) is 22.3. The molecule has 0 radical (unpaired) electrons. The fourth-order valence-electron chi connectivity index (χ4n) is 3.22. The van der Waals surface area contributed by atoms with Gasteiger partial charge in [-0.2, -0.15) is 0 Å². The van der Waals surface area contributed by atoms with Gasteiger partial charge in [-0.1, -0.05) is 48.5 Å². The SMILES string of the molecule is C=C[C@H](c1cccc2ccccc12)[C@](F)(C(=O)OCC)P(=O)(OCC)OCC. The van der Waals surface area contributed by atoms with E-state index in [4.69, 9.17) is 13.8 Å². The Kier molecular flexibility index (Phi) is 7.53. The fraction of sp³-hybridized carbons (Fsp3) is 0.381. The molecule has 0 N–H and O–H groups in total. The van der Waals surface area contributed by atoms with Crippen LogP contribution in [0.5, 0.6) is 0 Å². The highest BCUT2D eigenvalue weighted by Crippen LogP contribution is 2.66. The summed E-state index contributed by atoms with van der Waals surface area (Å²) in [4.78, 5) is 12.8. The number of hydrogen-bond acceptors (Lipinski definition) is 5. The zero-order valence-electron chi connectivity index (χ0n) is 16.4. The van der Waals surface area contributed by atoms with E-state index < -0.39 is 24.9 Å². The molecule has 0 saturated heterocycles. The average molecular weight is 408 g/mol. The highest BCUT2D eigenvalue weighted by atomic mass is 31.2. The first-order valence-corrected chi connectivity index (χ1v) is 10.8. The number of esters is 1. The monoisotopic (exact) mass is 408 g/mol. The lowest BCUT2D eigenvalue weighted by molar-refractivity contribution is -0.153. The molecule has 2 rings (SSSR count). The van der Waals surface area contributed by atoms with Gasteiger partial charge in [0.2, 0.25) is 0 Å². The zero-order valence-corrected chi connectivity index (χ0v) is 17.3. The largest absolute Gasteiger partial charge is 0.463 e. The summed E-state index contributed by atoms with van der Waals surface area (Å²) >= 11 is 0. The Bertz CT molecular complexity index is 869. The minimum Gasteiger partial charge on any atom is -0.463 e. The number of fused-ring (bicyclic) bond motifs is 1. The fourth-order valence-corrected chi connectivity index (χ4v) is 5.22. The highest BCUT2D eigenvalue weighted by molar-refractivity contribution is 7.56. The van der Waals surface area contributed by atoms with Gasteiger partial charge in [0.25, 0.3) is 0 Å². The van der Waals surface area contributed by atoms with Crippen LogP contribution in [0.15, 0.2) is 55.1 Å². The normalized spacial score (nSPS) is 15.0. The molecule has 2 aromatic carbocycles. The first-order chi connectivity index (χ1) is 13.4. The number of hydrogen-bond donors (Lipinski definition) is 0. The highest BCUT2D eigenvalue weighted by Gasteiger charge is 2.64. The number of carbonyl (C=O) groups excluding carboxylic acids is 1. The molecule has 0 aliphatic carbocycles. The van der Waals surface area contributed by atoms with Crippen molar-refractivity contribution in [3.05, 3.63) is 60.7 Å². The number of alkyl halides is 1. The maximum atomic E-state index is 16.6. The van der Waals surface area contributed by atoms with Gasteiger partial charge in [0.1, 0.15) is 0 Å². The molecule has 0 fully saturated rings. The summed E-state index contributed by atoms with van der Waals surface area (Å²) in [6.45, 7) is 8.09. The van der Waals surface area contributed by atoms with Crippen molar-refractivity contribution in [2.24, 2.45) is 0 Å². The first-order valence-electron chi connectivity index (χ1n) is 9.25. The molecule has 2 aromatic rings. The predicted octanol–water partition coefficient (Wildman–Crippen LogP) is 5.60. The van der Waals surface area contributed by atoms with Crippen LogP contribution in [0, 0.1) is 0 Å². The number of ether oxygens (including phenoxy) is 1. The van der Waals surface area contributed by atoms with Gasteiger partial charge in [-0.05, 0) is 37.1 Å². The minimum absolute atomic E-state index is 0.0812. The second-order valence-electron chi connectivity index (χ2n) is 6.01. The molecule has 0 unspecified atom stereocenters. The van der Waals surface area contributed by atoms with Crippen LogP contribution in [-0.4, -0.2) is 31.2 Å². The van der Waals surface area contributed by atoms with Crippen LogP contribution in [0.4, 0.5) is 4.39 Å². The smallest absolute Gasteiger partial charge is 0.380 e. The van der Waals surface area contributed by atoms with Crippen molar-refractivity contribution in [2.75, 3.05) is 19.8 Å². The lowest BCUT2D eigenvalue weighted by Crippen LogP contribution is -2.42. The Morgan fingerprint density at radius 2 is 1.71 bits per heavy atom. The van der Waals surface area contributed by atoms with Gasteiger partial charge in [0.05, 0.1) is 25.7 Å². The van der Waals surface area contributed by atoms with E-state index in [-0.39, 0.29) is 19.8 Å². The van der Waals surface area contributed by atoms with Gasteiger partial charge in [-0.15, -0.1) is 6.58 Å². The summed E-state index contributed by atoms with van der Waals surface area (Å²) < 4.78 is 45.5. The third kappa shape index (κ3) is 3.90. The summed E-state index contributed by atoms with van der Waals surface area (Å²) in [6, 6.07) is 12.6. The maximum Gasteiger partial charge on any atom is 0.380 e. The Hall–Kier alpha value is -2.01. The van der Waals surface area contributed by atoms with Crippen LogP contribution in [0.2, 0.25) is 0 Å². The van der Waals surface area contributed by atoms with Crippen molar-refractivity contribution >= 4 is 24.3 Å². The van der Waals surface area contributed by atoms with Crippen LogP contribution >= 0.6 is 7.60 Å². The molecule has 0 bridgehead atoms. The summed E-state index contributed by atoms with van der Waals surface area (Å²) in [5.74, 6) is -2.60. The number of carbonyl (C=O) groups is 1. The molecule has 0 aromatic heterocycles. The van der Waals surface area contributed by atoms with Crippen molar-refractivity contribution < 1.29 is 27.5 Å². The van der Waals surface area contributed by atoms with Crippen LogP contribution < -0.4 is 0 Å². The molecule has 0 aliphatic rings. The molecule has 0 heterocycles. The molecule has 0 aliphatic heterocycles. The van der Waals surface area contributed by atoms with E-state index in [2.05, 4.69) is 6.58 Å². The van der Waals surface area contributed by atoms with E-state index in [0.29, 0.717) is 10.9 Å². The number of allylic oxidation sites excluding steroid dienone is 1. The quantitative estimate of drug-likeness (QED) is 0.291. The Labute approximate surface area is 165 Å². The Morgan fingerprint density at radius 3 is 2.29 bits per heavy atom. The van der Waals surface area contributed by atoms with Crippen LogP contribution in [0.3, 0.4) is 0 Å². The molecule has 7 heteroatoms. The summed E-state index contributed by atoms with van der Waals surface area (Å²) in [6.07, 6.45) is 1.25. The minimum atomic E-state index is -4.56. The number of benzene rings is 2. The summed E-state index contributed by atoms with van der Waals surface area (Å²) in [5, 5.41) is -1.53. The molecular weight excluding hydrogens is 382 g/mol. The molecule has 0 amide bonds. The molecular formula is C21H26FO5P. The number of rotatable bonds is 10. The van der Waals surface area contributed by atoms with Gasteiger partial charge >= 0.3 is 19.0 Å². The second-order valence-corrected chi connectivity index (χ2v) is 8.17. The van der Waals surface area contributed by atoms with Gasteiger partial charge in [0.15, 0.2) is 0 Å². The molecule has 28 heavy (non-hydrogen) atoms. The standard InChI is InChI=1S/C21H26FO5P/c1-5-19(18-15-11-13-16-12-9-10-14-17(16)18)21(22,20(23)25-6-2)28(24,26-7-3)27-8-4/h5,9-15,19H,1,6-8H2,2-4H3/t19-,21-/m1/s1. The maximum absolute atomic E-state index is 16.6. The predicted molar refractivity (Wildman–Crippen MR) is 108 cm³/mol. The third-order valence-electron chi connectivity index (χ3n) is 4.36. The van der Waals surface area contributed by atoms with E-state index in [9.17, 15) is 9.36 Å². The van der Waals surface area contributed by atoms with Crippen molar-refractivity contribution in [1.29, 1.82) is 0 Å². The second kappa shape index (κ2) is 9.46. The van der Waals surface area contributed by atoms with Gasteiger partial charge in [-0.3, -0.25) is 4.57 Å². The summed E-state index contributed by atoms with van der Waals surface area (Å²) in [7, 11) is -4.56. The lowest BCUT2D eigenvalue weighted by atomic mass is 9.89. The summed E-state index contributed by atoms with van der Waals surface area (Å²) in [5.41, 5.74) is 0.447. The van der Waals surface area contributed by atoms with Crippen LogP contribution in [0.1, 0.15) is 32.3 Å². The van der Waals surface area contributed by atoms with Gasteiger partial charge < -0.3 is 13.8 Å².